The number of carboxylic acid groups (broad SMARTS) is 1. The Morgan fingerprint density at radius 1 is 1.33 bits per heavy atom. The minimum absolute atomic E-state index is 0.0563. The Kier molecular flexibility index (Phi) is 3.31. The predicted molar refractivity (Wildman–Crippen MR) is 57.5 cm³/mol. The number of carbonyl (C=O) groups is 1. The maximum atomic E-state index is 12.8. The van der Waals surface area contributed by atoms with Gasteiger partial charge in [0.1, 0.15) is 5.69 Å². The lowest BCUT2D eigenvalue weighted by atomic mass is 10.2. The van der Waals surface area contributed by atoms with Gasteiger partial charge >= 0.3 is 5.97 Å². The molecule has 7 heteroatoms. The average molecular weight is 253 g/mol. The Balaban J connectivity index is 2.37. The molecule has 1 heterocycles. The molecule has 0 fully saturated rings. The van der Waals surface area contributed by atoms with Gasteiger partial charge in [0.2, 0.25) is 0 Å². The summed E-state index contributed by atoms with van der Waals surface area (Å²) in [5.74, 6) is -1.51. The van der Waals surface area contributed by atoms with E-state index in [0.29, 0.717) is 0 Å². The molecule has 0 aliphatic rings. The minimum atomic E-state index is -2.94. The molecule has 0 bridgehead atoms. The summed E-state index contributed by atoms with van der Waals surface area (Å²) in [4.78, 5) is 10.7. The van der Waals surface area contributed by atoms with E-state index in [1.807, 2.05) is 0 Å². The van der Waals surface area contributed by atoms with Crippen molar-refractivity contribution in [1.29, 1.82) is 0 Å². The summed E-state index contributed by atoms with van der Waals surface area (Å²) in [6, 6.07) is 8.77. The first-order chi connectivity index (χ1) is 8.59. The van der Waals surface area contributed by atoms with Crippen molar-refractivity contribution >= 4 is 5.97 Å². The van der Waals surface area contributed by atoms with Crippen molar-refractivity contribution in [1.82, 2.24) is 15.0 Å². The number of benzene rings is 1. The SMILES string of the molecule is O=C(O)c1nnn(Cc2ccccc2)c1C(F)F. The number of hydrogen-bond donors (Lipinski definition) is 1. The van der Waals surface area contributed by atoms with Crippen molar-refractivity contribution in [3.05, 3.63) is 47.3 Å². The topological polar surface area (TPSA) is 68.0 Å². The minimum Gasteiger partial charge on any atom is -0.476 e. The fourth-order valence-corrected chi connectivity index (χ4v) is 1.56. The molecule has 0 atom stereocenters. The van der Waals surface area contributed by atoms with Crippen LogP contribution >= 0.6 is 0 Å². The maximum Gasteiger partial charge on any atom is 0.358 e. The molecule has 0 saturated heterocycles. The summed E-state index contributed by atoms with van der Waals surface area (Å²) in [7, 11) is 0. The second-order valence-electron chi connectivity index (χ2n) is 3.57. The van der Waals surface area contributed by atoms with Gasteiger partial charge in [0.05, 0.1) is 6.54 Å². The molecule has 5 nitrogen and oxygen atoms in total. The Labute approximate surface area is 101 Å². The molecule has 0 aliphatic carbocycles. The van der Waals surface area contributed by atoms with Crippen molar-refractivity contribution in [3.8, 4) is 0 Å². The normalized spacial score (nSPS) is 10.8. The zero-order valence-electron chi connectivity index (χ0n) is 9.12. The van der Waals surface area contributed by atoms with Gasteiger partial charge < -0.3 is 5.11 Å². The molecular weight excluding hydrogens is 244 g/mol. The molecule has 0 radical (unpaired) electrons. The van der Waals surface area contributed by atoms with Gasteiger partial charge in [0.25, 0.3) is 6.43 Å². The largest absolute Gasteiger partial charge is 0.476 e. The molecule has 1 aromatic heterocycles. The zero-order valence-corrected chi connectivity index (χ0v) is 9.12. The van der Waals surface area contributed by atoms with Crippen molar-refractivity contribution < 1.29 is 18.7 Å². The molecule has 1 aromatic carbocycles. The summed E-state index contributed by atoms with van der Waals surface area (Å²) in [6.07, 6.45) is -2.94. The second kappa shape index (κ2) is 4.91. The molecule has 1 N–H and O–H groups in total. The Bertz CT molecular complexity index is 555. The van der Waals surface area contributed by atoms with E-state index in [4.69, 9.17) is 5.11 Å². The number of aromatic carboxylic acids is 1. The van der Waals surface area contributed by atoms with Gasteiger partial charge in [-0.2, -0.15) is 0 Å². The number of nitrogens with zero attached hydrogens (tertiary/aromatic N) is 3. The quantitative estimate of drug-likeness (QED) is 0.904. The van der Waals surface area contributed by atoms with Crippen LogP contribution in [0.25, 0.3) is 0 Å². The van der Waals surface area contributed by atoms with E-state index >= 15 is 0 Å². The highest BCUT2D eigenvalue weighted by Crippen LogP contribution is 2.22. The first-order valence-corrected chi connectivity index (χ1v) is 5.08. The molecule has 94 valence electrons. The number of rotatable bonds is 4. The highest BCUT2D eigenvalue weighted by atomic mass is 19.3. The van der Waals surface area contributed by atoms with E-state index in [0.717, 1.165) is 10.2 Å². The van der Waals surface area contributed by atoms with Crippen molar-refractivity contribution in [3.63, 3.8) is 0 Å². The lowest BCUT2D eigenvalue weighted by Gasteiger charge is -2.05. The van der Waals surface area contributed by atoms with Crippen molar-refractivity contribution in [2.75, 3.05) is 0 Å². The third-order valence-electron chi connectivity index (χ3n) is 2.36. The second-order valence-corrected chi connectivity index (χ2v) is 3.57. The van der Waals surface area contributed by atoms with Crippen LogP contribution in [0.2, 0.25) is 0 Å². The number of halogens is 2. The van der Waals surface area contributed by atoms with Crippen LogP contribution in [0.3, 0.4) is 0 Å². The number of carboxylic acids is 1. The first-order valence-electron chi connectivity index (χ1n) is 5.08. The molecule has 2 rings (SSSR count). The number of alkyl halides is 2. The van der Waals surface area contributed by atoms with Gasteiger partial charge in [-0.05, 0) is 5.56 Å². The van der Waals surface area contributed by atoms with E-state index in [9.17, 15) is 13.6 Å². The summed E-state index contributed by atoms with van der Waals surface area (Å²) >= 11 is 0. The predicted octanol–water partition coefficient (Wildman–Crippen LogP) is 1.96. The standard InChI is InChI=1S/C11H9F2N3O2/c12-10(13)9-8(11(17)18)14-15-16(9)6-7-4-2-1-3-5-7/h1-5,10H,6H2,(H,17,18). The van der Waals surface area contributed by atoms with Gasteiger partial charge in [-0.1, -0.05) is 35.5 Å². The van der Waals surface area contributed by atoms with Crippen LogP contribution < -0.4 is 0 Å². The fraction of sp³-hybridized carbons (Fsp3) is 0.182. The van der Waals surface area contributed by atoms with E-state index < -0.39 is 23.8 Å². The van der Waals surface area contributed by atoms with Gasteiger partial charge in [-0.15, -0.1) is 5.10 Å². The molecule has 0 saturated carbocycles. The summed E-state index contributed by atoms with van der Waals surface area (Å²) in [5, 5.41) is 15.5. The number of hydrogen-bond acceptors (Lipinski definition) is 3. The summed E-state index contributed by atoms with van der Waals surface area (Å²) in [6.45, 7) is 0.0563. The van der Waals surface area contributed by atoms with Crippen LogP contribution in [0.15, 0.2) is 30.3 Å². The average Bonchev–Trinajstić information content (AvgIpc) is 2.74. The molecule has 0 spiro atoms. The highest BCUT2D eigenvalue weighted by molar-refractivity contribution is 5.86. The smallest absolute Gasteiger partial charge is 0.358 e. The van der Waals surface area contributed by atoms with E-state index in [1.54, 1.807) is 30.3 Å². The van der Waals surface area contributed by atoms with E-state index in [2.05, 4.69) is 10.3 Å². The maximum absolute atomic E-state index is 12.8. The molecule has 0 aliphatic heterocycles. The van der Waals surface area contributed by atoms with Crippen LogP contribution in [0.1, 0.15) is 28.2 Å². The Morgan fingerprint density at radius 3 is 2.56 bits per heavy atom. The fourth-order valence-electron chi connectivity index (χ4n) is 1.56. The van der Waals surface area contributed by atoms with Gasteiger partial charge in [0.15, 0.2) is 5.69 Å². The third-order valence-corrected chi connectivity index (χ3v) is 2.36. The van der Waals surface area contributed by atoms with Crippen LogP contribution in [0.5, 0.6) is 0 Å². The third kappa shape index (κ3) is 2.34. The molecule has 18 heavy (non-hydrogen) atoms. The summed E-state index contributed by atoms with van der Waals surface area (Å²) < 4.78 is 26.5. The molecule has 0 amide bonds. The van der Waals surface area contributed by atoms with Gasteiger partial charge in [-0.25, -0.2) is 18.3 Å². The molecule has 0 unspecified atom stereocenters. The lowest BCUT2D eigenvalue weighted by molar-refractivity contribution is 0.0675. The Hall–Kier alpha value is -2.31. The van der Waals surface area contributed by atoms with Crippen LogP contribution in [-0.2, 0) is 6.54 Å². The summed E-state index contributed by atoms with van der Waals surface area (Å²) in [5.41, 5.74) is -0.645. The number of aromatic nitrogens is 3. The van der Waals surface area contributed by atoms with Crippen molar-refractivity contribution in [2.24, 2.45) is 0 Å². The first kappa shape index (κ1) is 12.2. The van der Waals surface area contributed by atoms with Crippen LogP contribution in [-0.4, -0.2) is 26.1 Å². The molecule has 2 aromatic rings. The zero-order chi connectivity index (χ0) is 13.1. The highest BCUT2D eigenvalue weighted by Gasteiger charge is 2.26. The van der Waals surface area contributed by atoms with Gasteiger partial charge in [0, 0.05) is 0 Å². The molecular formula is C11H9F2N3O2. The van der Waals surface area contributed by atoms with Crippen LogP contribution in [0.4, 0.5) is 8.78 Å². The van der Waals surface area contributed by atoms with Gasteiger partial charge in [-0.3, -0.25) is 0 Å². The Morgan fingerprint density at radius 2 is 2.00 bits per heavy atom. The van der Waals surface area contributed by atoms with Crippen molar-refractivity contribution in [2.45, 2.75) is 13.0 Å². The van der Waals surface area contributed by atoms with E-state index in [-0.39, 0.29) is 6.54 Å². The van der Waals surface area contributed by atoms with E-state index in [1.165, 1.54) is 0 Å². The lowest BCUT2D eigenvalue weighted by Crippen LogP contribution is -2.09. The van der Waals surface area contributed by atoms with Crippen LogP contribution in [0, 0.1) is 0 Å². The monoisotopic (exact) mass is 253 g/mol.